The summed E-state index contributed by atoms with van der Waals surface area (Å²) in [7, 11) is 0. The smallest absolute Gasteiger partial charge is 0.249 e. The van der Waals surface area contributed by atoms with Crippen LogP contribution in [0.4, 0.5) is 0 Å². The van der Waals surface area contributed by atoms with Crippen LogP contribution >= 0.6 is 0 Å². The second kappa shape index (κ2) is 7.94. The maximum absolute atomic E-state index is 12.2. The fourth-order valence-electron chi connectivity index (χ4n) is 2.36. The van der Waals surface area contributed by atoms with Crippen molar-refractivity contribution in [3.8, 4) is 0 Å². The van der Waals surface area contributed by atoms with Gasteiger partial charge in [-0.2, -0.15) is 0 Å². The Kier molecular flexibility index (Phi) is 6.56. The first-order chi connectivity index (χ1) is 9.10. The van der Waals surface area contributed by atoms with Crippen LogP contribution in [0.2, 0.25) is 0 Å². The second-order valence-corrected chi connectivity index (χ2v) is 4.97. The summed E-state index contributed by atoms with van der Waals surface area (Å²) in [5, 5.41) is 2.80. The fourth-order valence-corrected chi connectivity index (χ4v) is 2.36. The largest absolute Gasteiger partial charge is 0.355 e. The second-order valence-electron chi connectivity index (χ2n) is 4.97. The Labute approximate surface area is 115 Å². The lowest BCUT2D eigenvalue weighted by molar-refractivity contribution is -0.132. The van der Waals surface area contributed by atoms with Crippen LogP contribution in [0.5, 0.6) is 0 Å². The van der Waals surface area contributed by atoms with E-state index in [1.807, 2.05) is 19.9 Å². The van der Waals surface area contributed by atoms with Crippen molar-refractivity contribution in [1.82, 2.24) is 10.2 Å². The number of hydrogen-bond acceptors (Lipinski definition) is 3. The number of nitrogens with zero attached hydrogens (tertiary/aromatic N) is 1. The van der Waals surface area contributed by atoms with Gasteiger partial charge in [0.1, 0.15) is 0 Å². The average molecular weight is 267 g/mol. The zero-order valence-electron chi connectivity index (χ0n) is 11.9. The Hall–Kier alpha value is -1.36. The minimum atomic E-state index is -0.0984. The number of carbonyl (C=O) groups excluding carboxylic acids is 2. The molecule has 1 saturated heterocycles. The van der Waals surface area contributed by atoms with Gasteiger partial charge in [-0.15, -0.1) is 0 Å². The molecule has 1 heterocycles. The van der Waals surface area contributed by atoms with Gasteiger partial charge in [-0.05, 0) is 26.2 Å². The Bertz CT molecular complexity index is 353. The standard InChI is InChI=1S/C14H25N3O2/c1-3-5-11(2)14(19)17-9-4-6-12(10-17)13(18)16-8-7-15/h5,12H,3-4,6-10,15H2,1-2H3,(H,16,18). The molecule has 0 aliphatic carbocycles. The van der Waals surface area contributed by atoms with Crippen molar-refractivity contribution in [3.63, 3.8) is 0 Å². The first-order valence-electron chi connectivity index (χ1n) is 7.04. The number of piperidine rings is 1. The molecule has 1 rings (SSSR count). The first-order valence-corrected chi connectivity index (χ1v) is 7.04. The van der Waals surface area contributed by atoms with Crippen molar-refractivity contribution in [1.29, 1.82) is 0 Å². The van der Waals surface area contributed by atoms with Gasteiger partial charge in [0.25, 0.3) is 0 Å². The van der Waals surface area contributed by atoms with Gasteiger partial charge in [0.2, 0.25) is 11.8 Å². The molecule has 2 amide bonds. The Morgan fingerprint density at radius 2 is 2.21 bits per heavy atom. The number of rotatable bonds is 5. The van der Waals surface area contributed by atoms with E-state index in [-0.39, 0.29) is 17.7 Å². The summed E-state index contributed by atoms with van der Waals surface area (Å²) >= 11 is 0. The van der Waals surface area contributed by atoms with E-state index in [2.05, 4.69) is 5.32 Å². The number of allylic oxidation sites excluding steroid dienone is 1. The van der Waals surface area contributed by atoms with Crippen LogP contribution in [-0.2, 0) is 9.59 Å². The van der Waals surface area contributed by atoms with Crippen molar-refractivity contribution >= 4 is 11.8 Å². The van der Waals surface area contributed by atoms with E-state index in [1.54, 1.807) is 4.90 Å². The third-order valence-electron chi connectivity index (χ3n) is 3.37. The lowest BCUT2D eigenvalue weighted by atomic mass is 9.96. The molecule has 0 radical (unpaired) electrons. The quantitative estimate of drug-likeness (QED) is 0.718. The molecule has 0 aromatic rings. The summed E-state index contributed by atoms with van der Waals surface area (Å²) in [6, 6.07) is 0. The summed E-state index contributed by atoms with van der Waals surface area (Å²) in [6.07, 6.45) is 4.51. The lowest BCUT2D eigenvalue weighted by Crippen LogP contribution is -2.46. The number of likely N-dealkylation sites (tertiary alicyclic amines) is 1. The molecule has 1 aliphatic heterocycles. The molecule has 0 aromatic heterocycles. The van der Waals surface area contributed by atoms with Crippen LogP contribution in [0.15, 0.2) is 11.6 Å². The molecule has 5 heteroatoms. The normalized spacial score (nSPS) is 20.3. The molecule has 1 atom stereocenters. The van der Waals surface area contributed by atoms with Gasteiger partial charge in [-0.1, -0.05) is 13.0 Å². The number of nitrogens with one attached hydrogen (secondary N) is 1. The third kappa shape index (κ3) is 4.67. The Morgan fingerprint density at radius 3 is 2.84 bits per heavy atom. The molecular formula is C14H25N3O2. The van der Waals surface area contributed by atoms with Crippen molar-refractivity contribution in [2.24, 2.45) is 11.7 Å². The zero-order chi connectivity index (χ0) is 14.3. The predicted molar refractivity (Wildman–Crippen MR) is 75.4 cm³/mol. The highest BCUT2D eigenvalue weighted by Crippen LogP contribution is 2.18. The van der Waals surface area contributed by atoms with E-state index in [4.69, 9.17) is 5.73 Å². The van der Waals surface area contributed by atoms with Crippen molar-refractivity contribution < 1.29 is 9.59 Å². The first kappa shape index (κ1) is 15.7. The molecule has 19 heavy (non-hydrogen) atoms. The molecule has 0 saturated carbocycles. The van der Waals surface area contributed by atoms with Gasteiger partial charge in [0, 0.05) is 31.8 Å². The maximum Gasteiger partial charge on any atom is 0.249 e. The number of nitrogens with two attached hydrogens (primary N) is 1. The molecule has 0 bridgehead atoms. The van der Waals surface area contributed by atoms with Crippen molar-refractivity contribution in [3.05, 3.63) is 11.6 Å². The van der Waals surface area contributed by atoms with Crippen molar-refractivity contribution in [2.75, 3.05) is 26.2 Å². The van der Waals surface area contributed by atoms with Gasteiger partial charge < -0.3 is 16.0 Å². The Balaban J connectivity index is 2.56. The molecular weight excluding hydrogens is 242 g/mol. The SMILES string of the molecule is CCC=C(C)C(=O)N1CCCC(C(=O)NCCN)C1. The summed E-state index contributed by atoms with van der Waals surface area (Å²) in [5.41, 5.74) is 6.14. The summed E-state index contributed by atoms with van der Waals surface area (Å²) in [6.45, 7) is 6.05. The highest BCUT2D eigenvalue weighted by Gasteiger charge is 2.28. The zero-order valence-corrected chi connectivity index (χ0v) is 11.9. The highest BCUT2D eigenvalue weighted by molar-refractivity contribution is 5.93. The number of hydrogen-bond donors (Lipinski definition) is 2. The van der Waals surface area contributed by atoms with Gasteiger partial charge in [-0.25, -0.2) is 0 Å². The van der Waals surface area contributed by atoms with Crippen molar-refractivity contribution in [2.45, 2.75) is 33.1 Å². The van der Waals surface area contributed by atoms with Gasteiger partial charge >= 0.3 is 0 Å². The molecule has 1 fully saturated rings. The van der Waals surface area contributed by atoms with E-state index in [1.165, 1.54) is 0 Å². The van der Waals surface area contributed by atoms with Crippen LogP contribution in [0.25, 0.3) is 0 Å². The van der Waals surface area contributed by atoms with Crippen LogP contribution in [0.1, 0.15) is 33.1 Å². The molecule has 1 aliphatic rings. The highest BCUT2D eigenvalue weighted by atomic mass is 16.2. The van der Waals surface area contributed by atoms with Crippen LogP contribution in [-0.4, -0.2) is 42.9 Å². The summed E-state index contributed by atoms with van der Waals surface area (Å²) in [4.78, 5) is 25.9. The predicted octanol–water partition coefficient (Wildman–Crippen LogP) is 0.656. The van der Waals surface area contributed by atoms with Crippen LogP contribution < -0.4 is 11.1 Å². The lowest BCUT2D eigenvalue weighted by Gasteiger charge is -2.32. The molecule has 3 N–H and O–H groups in total. The van der Waals surface area contributed by atoms with Crippen LogP contribution in [0.3, 0.4) is 0 Å². The fraction of sp³-hybridized carbons (Fsp3) is 0.714. The van der Waals surface area contributed by atoms with E-state index in [0.29, 0.717) is 19.6 Å². The van der Waals surface area contributed by atoms with Crippen LogP contribution in [0, 0.1) is 5.92 Å². The minimum Gasteiger partial charge on any atom is -0.355 e. The summed E-state index contributed by atoms with van der Waals surface area (Å²) in [5.74, 6) is -0.0306. The van der Waals surface area contributed by atoms with E-state index < -0.39 is 0 Å². The molecule has 0 aromatic carbocycles. The molecule has 0 spiro atoms. The third-order valence-corrected chi connectivity index (χ3v) is 3.37. The monoisotopic (exact) mass is 267 g/mol. The molecule has 1 unspecified atom stereocenters. The number of carbonyl (C=O) groups is 2. The Morgan fingerprint density at radius 1 is 1.47 bits per heavy atom. The van der Waals surface area contributed by atoms with Gasteiger partial charge in [-0.3, -0.25) is 9.59 Å². The minimum absolute atomic E-state index is 0.0140. The van der Waals surface area contributed by atoms with E-state index in [0.717, 1.165) is 31.4 Å². The van der Waals surface area contributed by atoms with E-state index >= 15 is 0 Å². The topological polar surface area (TPSA) is 75.4 Å². The number of amides is 2. The maximum atomic E-state index is 12.2. The average Bonchev–Trinajstić information content (AvgIpc) is 2.44. The van der Waals surface area contributed by atoms with E-state index in [9.17, 15) is 9.59 Å². The van der Waals surface area contributed by atoms with Gasteiger partial charge in [0.05, 0.1) is 5.92 Å². The van der Waals surface area contributed by atoms with Gasteiger partial charge in [0.15, 0.2) is 0 Å². The molecule has 5 nitrogen and oxygen atoms in total. The molecule has 108 valence electrons. The summed E-state index contributed by atoms with van der Waals surface area (Å²) < 4.78 is 0.